The first-order chi connectivity index (χ1) is 13.9. The van der Waals surface area contributed by atoms with Crippen molar-refractivity contribution < 1.29 is 17.9 Å². The molecule has 2 aromatic carbocycles. The molecule has 0 aliphatic carbocycles. The molecule has 1 aliphatic heterocycles. The molecule has 1 saturated heterocycles. The Morgan fingerprint density at radius 1 is 1.07 bits per heavy atom. The first kappa shape index (κ1) is 21.3. The maximum Gasteiger partial charge on any atom is 0.309 e. The van der Waals surface area contributed by atoms with Gasteiger partial charge >= 0.3 is 5.97 Å². The fourth-order valence-electron chi connectivity index (χ4n) is 3.35. The normalized spacial score (nSPS) is 16.2. The number of hydrogen-bond acceptors (Lipinski definition) is 4. The number of nitrogens with zero attached hydrogens (tertiary/aromatic N) is 1. The monoisotopic (exact) mass is 413 g/mol. The lowest BCUT2D eigenvalue weighted by molar-refractivity contribution is -0.148. The topological polar surface area (TPSA) is 63.7 Å². The van der Waals surface area contributed by atoms with Gasteiger partial charge in [0.05, 0.1) is 10.8 Å². The summed E-state index contributed by atoms with van der Waals surface area (Å²) in [5.74, 6) is -0.516. The SMILES string of the molecule is Cc1ccc(S(=O)(=O)N2CCC(C(=O)OCC=Cc3ccccc3)CC2)cc1C. The Morgan fingerprint density at radius 2 is 1.76 bits per heavy atom. The van der Waals surface area contributed by atoms with E-state index < -0.39 is 10.0 Å². The van der Waals surface area contributed by atoms with Gasteiger partial charge in [-0.3, -0.25) is 4.79 Å². The van der Waals surface area contributed by atoms with Crippen molar-refractivity contribution in [3.8, 4) is 0 Å². The van der Waals surface area contributed by atoms with Crippen molar-refractivity contribution in [1.29, 1.82) is 0 Å². The summed E-state index contributed by atoms with van der Waals surface area (Å²) in [6, 6.07) is 15.0. The van der Waals surface area contributed by atoms with E-state index >= 15 is 0 Å². The molecule has 0 spiro atoms. The fraction of sp³-hybridized carbons (Fsp3) is 0.348. The second-order valence-electron chi connectivity index (χ2n) is 7.37. The van der Waals surface area contributed by atoms with Crippen LogP contribution in [0.15, 0.2) is 59.5 Å². The molecule has 0 amide bonds. The Bertz CT molecular complexity index is 975. The van der Waals surface area contributed by atoms with E-state index in [1.54, 1.807) is 12.1 Å². The van der Waals surface area contributed by atoms with Crippen molar-refractivity contribution in [3.63, 3.8) is 0 Å². The van der Waals surface area contributed by atoms with E-state index in [0.29, 0.717) is 30.8 Å². The minimum Gasteiger partial charge on any atom is -0.461 e. The van der Waals surface area contributed by atoms with Crippen LogP contribution in [-0.2, 0) is 19.6 Å². The van der Waals surface area contributed by atoms with Gasteiger partial charge in [0.2, 0.25) is 10.0 Å². The molecule has 0 unspecified atom stereocenters. The third-order valence-corrected chi connectivity index (χ3v) is 7.23. The first-order valence-electron chi connectivity index (χ1n) is 9.83. The lowest BCUT2D eigenvalue weighted by Crippen LogP contribution is -2.40. The van der Waals surface area contributed by atoms with Crippen LogP contribution in [0.25, 0.3) is 6.08 Å². The molecule has 6 heteroatoms. The number of piperidine rings is 1. The quantitative estimate of drug-likeness (QED) is 0.673. The third-order valence-electron chi connectivity index (χ3n) is 5.34. The minimum absolute atomic E-state index is 0.217. The van der Waals surface area contributed by atoms with Crippen LogP contribution in [0, 0.1) is 19.8 Å². The van der Waals surface area contributed by atoms with Crippen LogP contribution >= 0.6 is 0 Å². The molecule has 1 aliphatic rings. The fourth-order valence-corrected chi connectivity index (χ4v) is 4.91. The summed E-state index contributed by atoms with van der Waals surface area (Å²) < 4.78 is 32.6. The van der Waals surface area contributed by atoms with E-state index in [0.717, 1.165) is 16.7 Å². The Hall–Kier alpha value is -2.44. The summed E-state index contributed by atoms with van der Waals surface area (Å²) in [5, 5.41) is 0. The number of benzene rings is 2. The second-order valence-corrected chi connectivity index (χ2v) is 9.31. The number of hydrogen-bond donors (Lipinski definition) is 0. The molecule has 0 N–H and O–H groups in total. The predicted octanol–water partition coefficient (Wildman–Crippen LogP) is 3.96. The van der Waals surface area contributed by atoms with Gasteiger partial charge in [0.1, 0.15) is 6.61 Å². The molecule has 1 fully saturated rings. The van der Waals surface area contributed by atoms with Crippen LogP contribution < -0.4 is 0 Å². The van der Waals surface area contributed by atoms with Gasteiger partial charge in [-0.2, -0.15) is 4.31 Å². The summed E-state index contributed by atoms with van der Waals surface area (Å²) in [6.07, 6.45) is 4.68. The molecule has 1 heterocycles. The molecule has 0 aromatic heterocycles. The zero-order chi connectivity index (χ0) is 20.9. The van der Waals surface area contributed by atoms with Crippen molar-refractivity contribution in [2.75, 3.05) is 19.7 Å². The summed E-state index contributed by atoms with van der Waals surface area (Å²) in [5.41, 5.74) is 3.06. The highest BCUT2D eigenvalue weighted by atomic mass is 32.2. The Morgan fingerprint density at radius 3 is 2.41 bits per heavy atom. The van der Waals surface area contributed by atoms with Crippen molar-refractivity contribution >= 4 is 22.1 Å². The summed E-state index contributed by atoms with van der Waals surface area (Å²) in [4.78, 5) is 12.6. The first-order valence-corrected chi connectivity index (χ1v) is 11.3. The van der Waals surface area contributed by atoms with Gasteiger partial charge in [0.15, 0.2) is 0 Å². The minimum atomic E-state index is -3.53. The summed E-state index contributed by atoms with van der Waals surface area (Å²) >= 11 is 0. The lowest BCUT2D eigenvalue weighted by atomic mass is 9.98. The zero-order valence-corrected chi connectivity index (χ0v) is 17.7. The number of sulfonamides is 1. The van der Waals surface area contributed by atoms with Gasteiger partial charge in [-0.05, 0) is 61.6 Å². The van der Waals surface area contributed by atoms with E-state index in [4.69, 9.17) is 4.74 Å². The molecule has 29 heavy (non-hydrogen) atoms. The van der Waals surface area contributed by atoms with Crippen molar-refractivity contribution in [2.24, 2.45) is 5.92 Å². The zero-order valence-electron chi connectivity index (χ0n) is 16.9. The molecule has 3 rings (SSSR count). The average Bonchev–Trinajstić information content (AvgIpc) is 2.74. The van der Waals surface area contributed by atoms with Crippen LogP contribution in [0.1, 0.15) is 29.5 Å². The van der Waals surface area contributed by atoms with Crippen molar-refractivity contribution in [1.82, 2.24) is 4.31 Å². The van der Waals surface area contributed by atoms with Crippen LogP contribution in [0.4, 0.5) is 0 Å². The number of rotatable bonds is 6. The average molecular weight is 414 g/mol. The lowest BCUT2D eigenvalue weighted by Gasteiger charge is -2.30. The van der Waals surface area contributed by atoms with Gasteiger partial charge in [-0.25, -0.2) is 8.42 Å². The molecular formula is C23H27NO4S. The van der Waals surface area contributed by atoms with E-state index in [2.05, 4.69) is 0 Å². The molecule has 5 nitrogen and oxygen atoms in total. The predicted molar refractivity (Wildman–Crippen MR) is 114 cm³/mol. The largest absolute Gasteiger partial charge is 0.461 e. The van der Waals surface area contributed by atoms with Crippen LogP contribution in [0.2, 0.25) is 0 Å². The summed E-state index contributed by atoms with van der Waals surface area (Å²) in [6.45, 7) is 4.74. The van der Waals surface area contributed by atoms with Crippen LogP contribution in [-0.4, -0.2) is 38.4 Å². The Labute approximate surface area is 173 Å². The molecule has 0 atom stereocenters. The highest BCUT2D eigenvalue weighted by molar-refractivity contribution is 7.89. The second kappa shape index (κ2) is 9.37. The van der Waals surface area contributed by atoms with E-state index in [1.807, 2.05) is 62.4 Å². The van der Waals surface area contributed by atoms with Gasteiger partial charge in [-0.15, -0.1) is 0 Å². The maximum atomic E-state index is 12.9. The summed E-state index contributed by atoms with van der Waals surface area (Å²) in [7, 11) is -3.53. The van der Waals surface area contributed by atoms with Gasteiger partial charge in [0, 0.05) is 13.1 Å². The smallest absolute Gasteiger partial charge is 0.309 e. The molecule has 2 aromatic rings. The van der Waals surface area contributed by atoms with E-state index in [-0.39, 0.29) is 18.5 Å². The molecule has 0 radical (unpaired) electrons. The van der Waals surface area contributed by atoms with E-state index in [1.165, 1.54) is 4.31 Å². The van der Waals surface area contributed by atoms with Gasteiger partial charge in [0.25, 0.3) is 0 Å². The molecule has 0 saturated carbocycles. The van der Waals surface area contributed by atoms with Gasteiger partial charge in [-0.1, -0.05) is 42.5 Å². The van der Waals surface area contributed by atoms with E-state index in [9.17, 15) is 13.2 Å². The Kier molecular flexibility index (Phi) is 6.87. The van der Waals surface area contributed by atoms with Gasteiger partial charge < -0.3 is 4.74 Å². The highest BCUT2D eigenvalue weighted by Crippen LogP contribution is 2.25. The molecule has 0 bridgehead atoms. The highest BCUT2D eigenvalue weighted by Gasteiger charge is 2.32. The number of aryl methyl sites for hydroxylation is 2. The number of esters is 1. The third kappa shape index (κ3) is 5.34. The maximum absolute atomic E-state index is 12.9. The number of ether oxygens (including phenoxy) is 1. The standard InChI is InChI=1S/C23H27NO4S/c1-18-10-11-22(17-19(18)2)29(26,27)24-14-12-21(13-15-24)23(25)28-16-6-9-20-7-4-3-5-8-20/h3-11,17,21H,12-16H2,1-2H3. The molecule has 154 valence electrons. The molecular weight excluding hydrogens is 386 g/mol. The number of carbonyl (C=O) groups excluding carboxylic acids is 1. The Balaban J connectivity index is 1.51. The van der Waals surface area contributed by atoms with Crippen molar-refractivity contribution in [2.45, 2.75) is 31.6 Å². The van der Waals surface area contributed by atoms with Crippen molar-refractivity contribution in [3.05, 3.63) is 71.3 Å². The number of carbonyl (C=O) groups is 1. The van der Waals surface area contributed by atoms with Crippen LogP contribution in [0.3, 0.4) is 0 Å². The van der Waals surface area contributed by atoms with Crippen LogP contribution in [0.5, 0.6) is 0 Å².